The van der Waals surface area contributed by atoms with Crippen LogP contribution in [0.5, 0.6) is 5.75 Å². The van der Waals surface area contributed by atoms with E-state index in [9.17, 15) is 9.18 Å². The van der Waals surface area contributed by atoms with Gasteiger partial charge in [-0.25, -0.2) is 4.39 Å². The molecule has 0 N–H and O–H groups in total. The number of fused-ring (bicyclic) bond motifs is 1. The topological polar surface area (TPSA) is 29.5 Å². The highest BCUT2D eigenvalue weighted by Crippen LogP contribution is 2.32. The molecule has 1 aliphatic heterocycles. The molecule has 114 valence electrons. The minimum absolute atomic E-state index is 0.0802. The summed E-state index contributed by atoms with van der Waals surface area (Å²) in [6.45, 7) is 3.66. The normalized spacial score (nSPS) is 18.0. The van der Waals surface area contributed by atoms with Crippen molar-refractivity contribution >= 4 is 11.6 Å². The minimum atomic E-state index is -0.745. The van der Waals surface area contributed by atoms with Crippen molar-refractivity contribution in [2.75, 3.05) is 4.90 Å². The molecule has 22 heavy (non-hydrogen) atoms. The molecule has 0 aromatic heterocycles. The van der Waals surface area contributed by atoms with Crippen molar-refractivity contribution in [3.05, 3.63) is 59.9 Å². The standard InChI is InChI=1S/C18H18FNO2/c1-12-11-14-7-3-5-9-16(14)20(12)18(21)13(2)22-17-10-6-4-8-15(17)19/h3-10,12-13H,11H2,1-2H3. The Kier molecular flexibility index (Phi) is 3.84. The van der Waals surface area contributed by atoms with Crippen molar-refractivity contribution in [1.29, 1.82) is 0 Å². The molecule has 0 fully saturated rings. The summed E-state index contributed by atoms with van der Waals surface area (Å²) in [5, 5.41) is 0. The van der Waals surface area contributed by atoms with Gasteiger partial charge in [-0.05, 0) is 44.0 Å². The number of rotatable bonds is 3. The van der Waals surface area contributed by atoms with Crippen LogP contribution in [0.3, 0.4) is 0 Å². The Morgan fingerprint density at radius 1 is 1.23 bits per heavy atom. The molecule has 2 atom stereocenters. The van der Waals surface area contributed by atoms with Crippen molar-refractivity contribution in [2.45, 2.75) is 32.4 Å². The quantitative estimate of drug-likeness (QED) is 0.867. The molecule has 3 nitrogen and oxygen atoms in total. The number of anilines is 1. The first-order valence-electron chi connectivity index (χ1n) is 7.40. The van der Waals surface area contributed by atoms with Gasteiger partial charge in [-0.1, -0.05) is 30.3 Å². The molecule has 4 heteroatoms. The van der Waals surface area contributed by atoms with Crippen molar-refractivity contribution < 1.29 is 13.9 Å². The highest BCUT2D eigenvalue weighted by atomic mass is 19.1. The third kappa shape index (κ3) is 2.56. The highest BCUT2D eigenvalue weighted by Gasteiger charge is 2.34. The second kappa shape index (κ2) is 5.79. The average molecular weight is 299 g/mol. The molecule has 1 amide bonds. The number of para-hydroxylation sites is 2. The van der Waals surface area contributed by atoms with E-state index < -0.39 is 11.9 Å². The maximum Gasteiger partial charge on any atom is 0.268 e. The van der Waals surface area contributed by atoms with Crippen LogP contribution in [0.4, 0.5) is 10.1 Å². The maximum absolute atomic E-state index is 13.7. The van der Waals surface area contributed by atoms with Gasteiger partial charge >= 0.3 is 0 Å². The van der Waals surface area contributed by atoms with E-state index in [0.29, 0.717) is 0 Å². The number of hydrogen-bond acceptors (Lipinski definition) is 2. The summed E-state index contributed by atoms with van der Waals surface area (Å²) in [5.41, 5.74) is 2.07. The summed E-state index contributed by atoms with van der Waals surface area (Å²) in [5.74, 6) is -0.513. The Morgan fingerprint density at radius 2 is 1.91 bits per heavy atom. The lowest BCUT2D eigenvalue weighted by atomic mass is 10.1. The van der Waals surface area contributed by atoms with Crippen molar-refractivity contribution in [1.82, 2.24) is 0 Å². The number of hydrogen-bond donors (Lipinski definition) is 0. The summed E-state index contributed by atoms with van der Waals surface area (Å²) in [7, 11) is 0. The van der Waals surface area contributed by atoms with Crippen LogP contribution in [0.2, 0.25) is 0 Å². The Balaban J connectivity index is 1.81. The smallest absolute Gasteiger partial charge is 0.268 e. The summed E-state index contributed by atoms with van der Waals surface area (Å²) >= 11 is 0. The Bertz CT molecular complexity index is 701. The van der Waals surface area contributed by atoms with Crippen LogP contribution in [0.25, 0.3) is 0 Å². The number of amides is 1. The predicted molar refractivity (Wildman–Crippen MR) is 83.6 cm³/mol. The van der Waals surface area contributed by atoms with E-state index in [-0.39, 0.29) is 17.7 Å². The van der Waals surface area contributed by atoms with Gasteiger partial charge in [0.05, 0.1) is 0 Å². The van der Waals surface area contributed by atoms with E-state index in [0.717, 1.165) is 17.7 Å². The van der Waals surface area contributed by atoms with Gasteiger partial charge in [0.1, 0.15) is 0 Å². The second-order valence-corrected chi connectivity index (χ2v) is 5.58. The highest BCUT2D eigenvalue weighted by molar-refractivity contribution is 5.99. The number of carbonyl (C=O) groups is 1. The minimum Gasteiger partial charge on any atom is -0.478 e. The van der Waals surface area contributed by atoms with E-state index in [1.807, 2.05) is 31.2 Å². The molecule has 0 saturated carbocycles. The molecular formula is C18H18FNO2. The van der Waals surface area contributed by atoms with Crippen molar-refractivity contribution in [3.63, 3.8) is 0 Å². The lowest BCUT2D eigenvalue weighted by Crippen LogP contribution is -2.43. The maximum atomic E-state index is 13.7. The van der Waals surface area contributed by atoms with Gasteiger partial charge in [0.15, 0.2) is 17.7 Å². The van der Waals surface area contributed by atoms with E-state index in [2.05, 4.69) is 0 Å². The summed E-state index contributed by atoms with van der Waals surface area (Å²) < 4.78 is 19.2. The van der Waals surface area contributed by atoms with Crippen LogP contribution in [0.1, 0.15) is 19.4 Å². The molecular weight excluding hydrogens is 281 g/mol. The predicted octanol–water partition coefficient (Wildman–Crippen LogP) is 3.57. The van der Waals surface area contributed by atoms with Crippen LogP contribution in [0.15, 0.2) is 48.5 Å². The lowest BCUT2D eigenvalue weighted by molar-refractivity contribution is -0.125. The van der Waals surface area contributed by atoms with E-state index >= 15 is 0 Å². The zero-order chi connectivity index (χ0) is 15.7. The number of carbonyl (C=O) groups excluding carboxylic acids is 1. The third-order valence-electron chi connectivity index (χ3n) is 3.93. The van der Waals surface area contributed by atoms with Crippen LogP contribution in [-0.2, 0) is 11.2 Å². The molecule has 3 rings (SSSR count). The van der Waals surface area contributed by atoms with Gasteiger partial charge in [0, 0.05) is 11.7 Å². The lowest BCUT2D eigenvalue weighted by Gasteiger charge is -2.26. The second-order valence-electron chi connectivity index (χ2n) is 5.58. The summed E-state index contributed by atoms with van der Waals surface area (Å²) in [6, 6.07) is 14.1. The molecule has 1 heterocycles. The van der Waals surface area contributed by atoms with Gasteiger partial charge in [-0.15, -0.1) is 0 Å². The van der Waals surface area contributed by atoms with Gasteiger partial charge in [-0.2, -0.15) is 0 Å². The molecule has 2 aromatic rings. The van der Waals surface area contributed by atoms with E-state index in [4.69, 9.17) is 4.74 Å². The number of ether oxygens (including phenoxy) is 1. The van der Waals surface area contributed by atoms with Gasteiger partial charge < -0.3 is 9.64 Å². The number of nitrogens with zero attached hydrogens (tertiary/aromatic N) is 1. The largest absolute Gasteiger partial charge is 0.478 e. The zero-order valence-corrected chi connectivity index (χ0v) is 12.6. The first-order valence-corrected chi connectivity index (χ1v) is 7.40. The van der Waals surface area contributed by atoms with Crippen molar-refractivity contribution in [2.24, 2.45) is 0 Å². The molecule has 0 radical (unpaired) electrons. The summed E-state index contributed by atoms with van der Waals surface area (Å²) in [4.78, 5) is 14.5. The Hall–Kier alpha value is -2.36. The monoisotopic (exact) mass is 299 g/mol. The SMILES string of the molecule is CC(Oc1ccccc1F)C(=O)N1c2ccccc2CC1C. The zero-order valence-electron chi connectivity index (χ0n) is 12.6. The van der Waals surface area contributed by atoms with Gasteiger partial charge in [0.25, 0.3) is 5.91 Å². The van der Waals surface area contributed by atoms with Crippen LogP contribution >= 0.6 is 0 Å². The summed E-state index contributed by atoms with van der Waals surface area (Å²) in [6.07, 6.45) is 0.0828. The fraction of sp³-hybridized carbons (Fsp3) is 0.278. The number of halogens is 1. The average Bonchev–Trinajstić information content (AvgIpc) is 2.84. The Labute approximate surface area is 129 Å². The Morgan fingerprint density at radius 3 is 2.68 bits per heavy atom. The number of benzene rings is 2. The molecule has 0 aliphatic carbocycles. The first kappa shape index (κ1) is 14.6. The molecule has 2 unspecified atom stereocenters. The molecule has 2 aromatic carbocycles. The molecule has 0 saturated heterocycles. The first-order chi connectivity index (χ1) is 10.6. The molecule has 0 spiro atoms. The van der Waals surface area contributed by atoms with Crippen LogP contribution in [0, 0.1) is 5.82 Å². The molecule has 0 bridgehead atoms. The van der Waals surface area contributed by atoms with Crippen LogP contribution in [-0.4, -0.2) is 18.1 Å². The fourth-order valence-corrected chi connectivity index (χ4v) is 2.88. The molecule has 1 aliphatic rings. The van der Waals surface area contributed by atoms with Crippen LogP contribution < -0.4 is 9.64 Å². The fourth-order valence-electron chi connectivity index (χ4n) is 2.88. The van der Waals surface area contributed by atoms with Gasteiger partial charge in [0.2, 0.25) is 0 Å². The van der Waals surface area contributed by atoms with E-state index in [1.54, 1.807) is 24.0 Å². The third-order valence-corrected chi connectivity index (χ3v) is 3.93. The van der Waals surface area contributed by atoms with Gasteiger partial charge in [-0.3, -0.25) is 4.79 Å². The van der Waals surface area contributed by atoms with E-state index in [1.165, 1.54) is 12.1 Å². The van der Waals surface area contributed by atoms with Crippen molar-refractivity contribution in [3.8, 4) is 5.75 Å².